The van der Waals surface area contributed by atoms with E-state index in [0.29, 0.717) is 12.1 Å². The smallest absolute Gasteiger partial charge is 0.251 e. The highest BCUT2D eigenvalue weighted by atomic mass is 16.2. The van der Waals surface area contributed by atoms with Crippen LogP contribution >= 0.6 is 0 Å². The van der Waals surface area contributed by atoms with Gasteiger partial charge in [0.2, 0.25) is 5.91 Å². The maximum Gasteiger partial charge on any atom is 0.251 e. The van der Waals surface area contributed by atoms with Crippen LogP contribution in [-0.2, 0) is 11.3 Å². The minimum Gasteiger partial charge on any atom is -0.350 e. The lowest BCUT2D eigenvalue weighted by Crippen LogP contribution is -2.36. The molecule has 4 nitrogen and oxygen atoms in total. The van der Waals surface area contributed by atoms with Crippen molar-refractivity contribution in [2.45, 2.75) is 27.3 Å². The Morgan fingerprint density at radius 1 is 0.759 bits per heavy atom. The summed E-state index contributed by atoms with van der Waals surface area (Å²) in [5.74, 6) is -0.480. The van der Waals surface area contributed by atoms with E-state index in [1.54, 1.807) is 12.1 Å². The van der Waals surface area contributed by atoms with Crippen LogP contribution in [0.2, 0.25) is 0 Å². The highest BCUT2D eigenvalue weighted by Crippen LogP contribution is 2.19. The molecule has 3 aromatic carbocycles. The van der Waals surface area contributed by atoms with Crippen LogP contribution in [0.4, 0.5) is 0 Å². The molecule has 0 fully saturated rings. The van der Waals surface area contributed by atoms with Crippen LogP contribution in [0.25, 0.3) is 11.1 Å². The summed E-state index contributed by atoms with van der Waals surface area (Å²) in [5, 5.41) is 5.46. The van der Waals surface area contributed by atoms with Gasteiger partial charge in [-0.3, -0.25) is 9.59 Å². The highest BCUT2D eigenvalue weighted by Gasteiger charge is 2.08. The fourth-order valence-corrected chi connectivity index (χ4v) is 2.79. The molecule has 2 amide bonds. The predicted octanol–water partition coefficient (Wildman–Crippen LogP) is 4.73. The summed E-state index contributed by atoms with van der Waals surface area (Å²) in [6, 6.07) is 25.3. The Labute approximate surface area is 173 Å². The Morgan fingerprint density at radius 2 is 1.41 bits per heavy atom. The zero-order valence-corrected chi connectivity index (χ0v) is 17.2. The van der Waals surface area contributed by atoms with Crippen LogP contribution in [0.3, 0.4) is 0 Å². The largest absolute Gasteiger partial charge is 0.350 e. The lowest BCUT2D eigenvalue weighted by atomic mass is 10.0. The molecule has 0 spiro atoms. The zero-order chi connectivity index (χ0) is 21.1. The van der Waals surface area contributed by atoms with E-state index < -0.39 is 0 Å². The third-order valence-corrected chi connectivity index (χ3v) is 4.24. The maximum absolute atomic E-state index is 12.2. The number of rotatable bonds is 6. The van der Waals surface area contributed by atoms with Crippen LogP contribution < -0.4 is 10.6 Å². The second-order valence-corrected chi connectivity index (χ2v) is 6.39. The van der Waals surface area contributed by atoms with Gasteiger partial charge in [0, 0.05) is 12.1 Å². The summed E-state index contributed by atoms with van der Waals surface area (Å²) in [6.45, 7) is 6.40. The zero-order valence-electron chi connectivity index (χ0n) is 17.2. The maximum atomic E-state index is 12.2. The predicted molar refractivity (Wildman–Crippen MR) is 119 cm³/mol. The Balaban J connectivity index is 0.00000145. The first-order valence-electron chi connectivity index (χ1n) is 9.88. The Morgan fingerprint density at radius 3 is 2.07 bits per heavy atom. The van der Waals surface area contributed by atoms with E-state index in [9.17, 15) is 9.59 Å². The minimum absolute atomic E-state index is 0.0505. The van der Waals surface area contributed by atoms with Crippen LogP contribution in [0.1, 0.15) is 35.3 Å². The van der Waals surface area contributed by atoms with Gasteiger partial charge in [0.15, 0.2) is 0 Å². The van der Waals surface area contributed by atoms with Crippen LogP contribution in [-0.4, -0.2) is 18.4 Å². The summed E-state index contributed by atoms with van der Waals surface area (Å²) >= 11 is 0. The van der Waals surface area contributed by atoms with Crippen LogP contribution in [0, 0.1) is 6.92 Å². The first kappa shape index (κ1) is 21.9. The minimum atomic E-state index is -0.264. The van der Waals surface area contributed by atoms with E-state index in [1.807, 2.05) is 87.5 Å². The topological polar surface area (TPSA) is 58.2 Å². The molecule has 0 saturated carbocycles. The summed E-state index contributed by atoms with van der Waals surface area (Å²) in [5.41, 5.74) is 4.85. The summed E-state index contributed by atoms with van der Waals surface area (Å²) in [6.07, 6.45) is 0. The SMILES string of the molecule is CC.Cc1cccc(CNC(=O)CNC(=O)c2ccc(-c3ccccc3)cc2)c1. The van der Waals surface area contributed by atoms with Gasteiger partial charge in [0.05, 0.1) is 6.54 Å². The van der Waals surface area contributed by atoms with Gasteiger partial charge in [0.25, 0.3) is 5.91 Å². The molecule has 0 atom stereocenters. The molecule has 0 aliphatic rings. The van der Waals surface area contributed by atoms with Crippen LogP contribution in [0.15, 0.2) is 78.9 Å². The fraction of sp³-hybridized carbons (Fsp3) is 0.200. The van der Waals surface area contributed by atoms with Gasteiger partial charge in [0.1, 0.15) is 0 Å². The number of hydrogen-bond acceptors (Lipinski definition) is 2. The van der Waals surface area contributed by atoms with Gasteiger partial charge in [-0.2, -0.15) is 0 Å². The number of amides is 2. The second kappa shape index (κ2) is 11.4. The first-order valence-corrected chi connectivity index (χ1v) is 9.88. The van der Waals surface area contributed by atoms with E-state index >= 15 is 0 Å². The molecule has 0 unspecified atom stereocenters. The average molecular weight is 389 g/mol. The van der Waals surface area contributed by atoms with Crippen molar-refractivity contribution in [3.05, 3.63) is 95.6 Å². The fourth-order valence-electron chi connectivity index (χ4n) is 2.79. The third kappa shape index (κ3) is 6.92. The van der Waals surface area contributed by atoms with Gasteiger partial charge in [-0.05, 0) is 35.7 Å². The van der Waals surface area contributed by atoms with E-state index in [-0.39, 0.29) is 18.4 Å². The monoisotopic (exact) mass is 388 g/mol. The quantitative estimate of drug-likeness (QED) is 0.641. The Kier molecular flexibility index (Phi) is 8.64. The van der Waals surface area contributed by atoms with Gasteiger partial charge in [-0.1, -0.05) is 86.1 Å². The lowest BCUT2D eigenvalue weighted by Gasteiger charge is -2.08. The molecular formula is C25H28N2O2. The number of nitrogens with one attached hydrogen (secondary N) is 2. The van der Waals surface area contributed by atoms with Gasteiger partial charge in [-0.15, -0.1) is 0 Å². The van der Waals surface area contributed by atoms with E-state index in [4.69, 9.17) is 0 Å². The molecule has 0 aliphatic carbocycles. The van der Waals surface area contributed by atoms with Crippen molar-refractivity contribution in [2.75, 3.05) is 6.54 Å². The first-order chi connectivity index (χ1) is 14.1. The lowest BCUT2D eigenvalue weighted by molar-refractivity contribution is -0.120. The molecule has 0 heterocycles. The number of carbonyl (C=O) groups excluding carboxylic acids is 2. The molecule has 0 aromatic heterocycles. The van der Waals surface area contributed by atoms with Crippen molar-refractivity contribution in [1.82, 2.24) is 10.6 Å². The van der Waals surface area contributed by atoms with E-state index in [1.165, 1.54) is 0 Å². The van der Waals surface area contributed by atoms with Crippen LogP contribution in [0.5, 0.6) is 0 Å². The standard InChI is InChI=1S/C23H22N2O2.C2H6/c1-17-6-5-7-18(14-17)15-24-22(26)16-25-23(27)21-12-10-20(11-13-21)19-8-3-2-4-9-19;1-2/h2-14H,15-16H2,1H3,(H,24,26)(H,25,27);1-2H3. The van der Waals surface area contributed by atoms with Crippen molar-refractivity contribution in [3.63, 3.8) is 0 Å². The van der Waals surface area contributed by atoms with Gasteiger partial charge >= 0.3 is 0 Å². The molecule has 29 heavy (non-hydrogen) atoms. The number of carbonyl (C=O) groups is 2. The van der Waals surface area contributed by atoms with Crippen molar-refractivity contribution >= 4 is 11.8 Å². The molecule has 0 radical (unpaired) electrons. The molecule has 0 bridgehead atoms. The van der Waals surface area contributed by atoms with E-state index in [0.717, 1.165) is 22.3 Å². The van der Waals surface area contributed by atoms with Gasteiger partial charge in [-0.25, -0.2) is 0 Å². The number of aryl methyl sites for hydroxylation is 1. The molecule has 3 rings (SSSR count). The molecule has 0 saturated heterocycles. The van der Waals surface area contributed by atoms with E-state index in [2.05, 4.69) is 10.6 Å². The van der Waals surface area contributed by atoms with Crippen molar-refractivity contribution in [1.29, 1.82) is 0 Å². The highest BCUT2D eigenvalue weighted by molar-refractivity contribution is 5.96. The van der Waals surface area contributed by atoms with Crippen molar-refractivity contribution in [2.24, 2.45) is 0 Å². The number of benzene rings is 3. The number of hydrogen-bond donors (Lipinski definition) is 2. The molecule has 4 heteroatoms. The average Bonchev–Trinajstić information content (AvgIpc) is 2.78. The Hall–Kier alpha value is -3.40. The molecule has 0 aliphatic heterocycles. The summed E-state index contributed by atoms with van der Waals surface area (Å²) < 4.78 is 0. The van der Waals surface area contributed by atoms with Crippen molar-refractivity contribution < 1.29 is 9.59 Å². The molecule has 2 N–H and O–H groups in total. The molecular weight excluding hydrogens is 360 g/mol. The summed E-state index contributed by atoms with van der Waals surface area (Å²) in [7, 11) is 0. The molecule has 150 valence electrons. The van der Waals surface area contributed by atoms with Gasteiger partial charge < -0.3 is 10.6 Å². The normalized spacial score (nSPS) is 9.76. The Bertz CT molecular complexity index is 919. The summed E-state index contributed by atoms with van der Waals surface area (Å²) in [4.78, 5) is 24.2. The second-order valence-electron chi connectivity index (χ2n) is 6.39. The third-order valence-electron chi connectivity index (χ3n) is 4.24. The molecule has 3 aromatic rings. The van der Waals surface area contributed by atoms with Crippen molar-refractivity contribution in [3.8, 4) is 11.1 Å².